The molecule has 0 radical (unpaired) electrons. The van der Waals surface area contributed by atoms with Crippen LogP contribution in [0.4, 0.5) is 9.59 Å². The number of ether oxygens (including phenoxy) is 4. The lowest BCUT2D eigenvalue weighted by molar-refractivity contribution is -0.154. The number of allylic oxidation sites excluding steroid dienone is 6. The lowest BCUT2D eigenvalue weighted by Gasteiger charge is -2.33. The van der Waals surface area contributed by atoms with Gasteiger partial charge in [0.2, 0.25) is 0 Å². The number of esters is 2. The van der Waals surface area contributed by atoms with E-state index in [9.17, 15) is 19.2 Å². The molecule has 0 spiro atoms. The van der Waals surface area contributed by atoms with Crippen LogP contribution >= 0.6 is 11.3 Å². The second-order valence-corrected chi connectivity index (χ2v) is 16.4. The second-order valence-electron chi connectivity index (χ2n) is 15.4. The Morgan fingerprint density at radius 1 is 0.981 bits per heavy atom. The predicted molar refractivity (Wildman–Crippen MR) is 205 cm³/mol. The molecule has 2 rings (SSSR count). The average molecular weight is 742 g/mol. The fraction of sp³-hybridized carbons (Fsp3) is 0.575. The van der Waals surface area contributed by atoms with Crippen molar-refractivity contribution in [3.8, 4) is 0 Å². The van der Waals surface area contributed by atoms with E-state index in [1.165, 1.54) is 17.4 Å². The van der Waals surface area contributed by atoms with Gasteiger partial charge >= 0.3 is 24.1 Å². The van der Waals surface area contributed by atoms with Gasteiger partial charge in [-0.1, -0.05) is 47.1 Å². The Morgan fingerprint density at radius 3 is 2.19 bits per heavy atom. The van der Waals surface area contributed by atoms with E-state index in [2.05, 4.69) is 11.0 Å². The van der Waals surface area contributed by atoms with Crippen molar-refractivity contribution in [3.63, 3.8) is 0 Å². The highest BCUT2D eigenvalue weighted by molar-refractivity contribution is 7.09. The number of aryl methyl sites for hydroxylation is 1. The summed E-state index contributed by atoms with van der Waals surface area (Å²) < 4.78 is 22.8. The number of carbonyl (C=O) groups is 4. The minimum atomic E-state index is -1.31. The Hall–Kier alpha value is -4.03. The highest BCUT2D eigenvalue weighted by atomic mass is 32.1. The van der Waals surface area contributed by atoms with Gasteiger partial charge in [-0.3, -0.25) is 0 Å². The molecular weight excluding hydrogens is 683 g/mol. The maximum Gasteiger partial charge on any atom is 0.420 e. The first-order chi connectivity index (χ1) is 24.1. The smallest absolute Gasteiger partial charge is 0.420 e. The standard InChI is InChI=1S/C40H59N3O8S/c1-27(21-22-42(11)12)19-20-29(3)24-32-25-34-41-31(26-52-34)16-14-17-33(36(45)48-30(4)23-28(2)15-13-18-35(44)49-32)43(37(46)50-39(5,6)7)38(47)51-40(8,9)10/h13,15,18-21,24,26,30,32-33H,14,16-17,22-23,25H2,1-12H3/b18-13-,20-19+,27-21+,28-15+,29-24+/t30-,32+,33-/m0/s1. The number of hydrogen-bond donors (Lipinski definition) is 0. The predicted octanol–water partition coefficient (Wildman–Crippen LogP) is 8.31. The summed E-state index contributed by atoms with van der Waals surface area (Å²) in [4.78, 5) is 61.3. The molecule has 1 aliphatic heterocycles. The fourth-order valence-corrected chi connectivity index (χ4v) is 5.84. The largest absolute Gasteiger partial charge is 0.461 e. The molecule has 3 atom stereocenters. The van der Waals surface area contributed by atoms with Gasteiger partial charge in [0.15, 0.2) is 0 Å². The zero-order valence-corrected chi connectivity index (χ0v) is 33.9. The van der Waals surface area contributed by atoms with Gasteiger partial charge in [-0.25, -0.2) is 24.2 Å². The maximum absolute atomic E-state index is 13.8. The van der Waals surface area contributed by atoms with Crippen molar-refractivity contribution in [1.82, 2.24) is 14.8 Å². The number of amides is 2. The molecule has 0 fully saturated rings. The summed E-state index contributed by atoms with van der Waals surface area (Å²) in [6.07, 6.45) is 11.3. The summed E-state index contributed by atoms with van der Waals surface area (Å²) in [5, 5.41) is 2.69. The molecule has 0 unspecified atom stereocenters. The van der Waals surface area contributed by atoms with Crippen molar-refractivity contribution in [2.45, 2.75) is 131 Å². The summed E-state index contributed by atoms with van der Waals surface area (Å²) in [5.41, 5.74) is 1.78. The van der Waals surface area contributed by atoms with E-state index in [1.54, 1.807) is 60.6 Å². The van der Waals surface area contributed by atoms with Crippen molar-refractivity contribution in [1.29, 1.82) is 0 Å². The number of rotatable bonds is 6. The number of carbonyl (C=O) groups excluding carboxylic acids is 4. The highest BCUT2D eigenvalue weighted by Gasteiger charge is 2.41. The summed E-state index contributed by atoms with van der Waals surface area (Å²) in [7, 11) is 4.03. The Labute approximate surface area is 314 Å². The molecule has 1 aromatic heterocycles. The van der Waals surface area contributed by atoms with Crippen LogP contribution in [-0.2, 0) is 41.4 Å². The second kappa shape index (κ2) is 20.3. The van der Waals surface area contributed by atoms with Gasteiger partial charge in [0.25, 0.3) is 0 Å². The summed E-state index contributed by atoms with van der Waals surface area (Å²) in [6.45, 7) is 18.5. The van der Waals surface area contributed by atoms with Gasteiger partial charge < -0.3 is 23.8 Å². The van der Waals surface area contributed by atoms with Crippen molar-refractivity contribution < 1.29 is 38.1 Å². The van der Waals surface area contributed by atoms with Gasteiger partial charge in [-0.2, -0.15) is 4.90 Å². The zero-order valence-electron chi connectivity index (χ0n) is 33.1. The molecule has 52 heavy (non-hydrogen) atoms. The SMILES string of the molecule is CC(/C=C/C(C)=C/[C@@H]1Cc2nc(cs2)CCC[C@H](N(C(=O)OC(C)(C)C)C(=O)OC(C)(C)C)C(=O)O[C@@H](C)C/C(C)=C/C=C\C(=O)O1)=C\CN(C)C. The summed E-state index contributed by atoms with van der Waals surface area (Å²) in [5.74, 6) is -1.25. The molecular formula is C40H59N3O8S. The van der Waals surface area contributed by atoms with Crippen molar-refractivity contribution in [3.05, 3.63) is 75.3 Å². The van der Waals surface area contributed by atoms with E-state index >= 15 is 0 Å². The van der Waals surface area contributed by atoms with Crippen LogP contribution in [0.5, 0.6) is 0 Å². The number of imide groups is 1. The minimum absolute atomic E-state index is 0.0887. The quantitative estimate of drug-likeness (QED) is 0.160. The van der Waals surface area contributed by atoms with Gasteiger partial charge in [-0.15, -0.1) is 11.3 Å². The van der Waals surface area contributed by atoms with E-state index in [0.717, 1.165) is 38.9 Å². The first-order valence-electron chi connectivity index (χ1n) is 17.7. The number of thiazole rings is 1. The third-order valence-corrected chi connectivity index (χ3v) is 8.21. The molecule has 0 N–H and O–H groups in total. The molecule has 2 heterocycles. The number of nitrogens with zero attached hydrogens (tertiary/aromatic N) is 3. The third-order valence-electron chi connectivity index (χ3n) is 7.29. The first-order valence-corrected chi connectivity index (χ1v) is 18.6. The maximum atomic E-state index is 13.8. The van der Waals surface area contributed by atoms with E-state index < -0.39 is 53.6 Å². The van der Waals surface area contributed by atoms with Crippen LogP contribution in [0.3, 0.4) is 0 Å². The third kappa shape index (κ3) is 17.5. The van der Waals surface area contributed by atoms with Gasteiger partial charge in [0, 0.05) is 30.8 Å². The Balaban J connectivity index is 2.48. The van der Waals surface area contributed by atoms with Crippen LogP contribution in [0, 0.1) is 0 Å². The number of hydrogen-bond acceptors (Lipinski definition) is 11. The van der Waals surface area contributed by atoms with Crippen LogP contribution in [0.15, 0.2) is 64.6 Å². The average Bonchev–Trinajstić information content (AvgIpc) is 3.42. The van der Waals surface area contributed by atoms with Crippen LogP contribution in [0.25, 0.3) is 0 Å². The molecule has 12 heteroatoms. The molecule has 0 saturated carbocycles. The van der Waals surface area contributed by atoms with Gasteiger partial charge in [0.05, 0.1) is 10.7 Å². The number of fused-ring (bicyclic) bond motifs is 2. The normalized spacial score (nSPS) is 22.3. The van der Waals surface area contributed by atoms with Gasteiger partial charge in [0.1, 0.15) is 29.5 Å². The molecule has 0 aliphatic carbocycles. The molecule has 1 aromatic rings. The molecule has 288 valence electrons. The first kappa shape index (κ1) is 44.1. The fourth-order valence-electron chi connectivity index (χ4n) is 4.97. The molecule has 1 aliphatic rings. The van der Waals surface area contributed by atoms with E-state index in [1.807, 2.05) is 58.5 Å². The van der Waals surface area contributed by atoms with Crippen LogP contribution in [0.2, 0.25) is 0 Å². The highest BCUT2D eigenvalue weighted by Crippen LogP contribution is 2.23. The lowest BCUT2D eigenvalue weighted by Crippen LogP contribution is -2.52. The monoisotopic (exact) mass is 741 g/mol. The summed E-state index contributed by atoms with van der Waals surface area (Å²) in [6, 6.07) is -1.31. The Morgan fingerprint density at radius 2 is 1.60 bits per heavy atom. The Kier molecular flexibility index (Phi) is 17.2. The van der Waals surface area contributed by atoms with Crippen molar-refractivity contribution >= 4 is 35.5 Å². The molecule has 0 aromatic carbocycles. The van der Waals surface area contributed by atoms with E-state index in [0.29, 0.717) is 25.7 Å². The van der Waals surface area contributed by atoms with E-state index in [4.69, 9.17) is 23.9 Å². The molecule has 2 bridgehead atoms. The molecule has 2 amide bonds. The van der Waals surface area contributed by atoms with Gasteiger partial charge in [-0.05, 0) is 109 Å². The number of cyclic esters (lactones) is 2. The van der Waals surface area contributed by atoms with Crippen LogP contribution < -0.4 is 0 Å². The number of likely N-dealkylation sites (N-methyl/N-ethyl adjacent to an activating group) is 1. The topological polar surface area (TPSA) is 125 Å². The van der Waals surface area contributed by atoms with Crippen LogP contribution in [0.1, 0.15) is 99.2 Å². The minimum Gasteiger partial charge on any atom is -0.461 e. The number of aromatic nitrogens is 1. The Bertz CT molecular complexity index is 1510. The summed E-state index contributed by atoms with van der Waals surface area (Å²) >= 11 is 1.45. The van der Waals surface area contributed by atoms with Crippen molar-refractivity contribution in [2.24, 2.45) is 0 Å². The lowest BCUT2D eigenvalue weighted by atomic mass is 10.1. The molecule has 11 nitrogen and oxygen atoms in total. The van der Waals surface area contributed by atoms with E-state index in [-0.39, 0.29) is 6.42 Å². The van der Waals surface area contributed by atoms with Crippen molar-refractivity contribution in [2.75, 3.05) is 20.6 Å². The molecule has 0 saturated heterocycles. The zero-order chi connectivity index (χ0) is 39.2. The van der Waals surface area contributed by atoms with Crippen LogP contribution in [-0.4, -0.2) is 89.0 Å².